The average Bonchev–Trinajstić information content (AvgIpc) is 3.14. The van der Waals surface area contributed by atoms with Gasteiger partial charge in [0.15, 0.2) is 5.69 Å². The number of likely N-dealkylation sites (N-methyl/N-ethyl adjacent to an activating group) is 1. The monoisotopic (exact) mass is 403 g/mol. The van der Waals surface area contributed by atoms with Gasteiger partial charge in [0.05, 0.1) is 5.69 Å². The van der Waals surface area contributed by atoms with Gasteiger partial charge in [0.1, 0.15) is 16.7 Å². The summed E-state index contributed by atoms with van der Waals surface area (Å²) in [6.45, 7) is 1.15. The summed E-state index contributed by atoms with van der Waals surface area (Å²) in [7, 11) is 3.88. The maximum Gasteiger partial charge on any atom is 0.435 e. The molecule has 3 rings (SSSR count). The normalized spacial score (nSPS) is 18.6. The molecule has 2 aromatic heterocycles. The fourth-order valence-electron chi connectivity index (χ4n) is 2.86. The van der Waals surface area contributed by atoms with Gasteiger partial charge in [-0.2, -0.15) is 13.2 Å². The second-order valence-corrected chi connectivity index (χ2v) is 6.80. The minimum Gasteiger partial charge on any atom is -0.368 e. The smallest absolute Gasteiger partial charge is 0.368 e. The molecule has 1 fully saturated rings. The molecule has 9 heteroatoms. The van der Waals surface area contributed by atoms with Crippen LogP contribution in [0.25, 0.3) is 5.82 Å². The van der Waals surface area contributed by atoms with Crippen molar-refractivity contribution in [1.82, 2.24) is 19.4 Å². The van der Waals surface area contributed by atoms with Gasteiger partial charge in [-0.1, -0.05) is 0 Å². The largest absolute Gasteiger partial charge is 0.435 e. The summed E-state index contributed by atoms with van der Waals surface area (Å²) in [6.07, 6.45) is -0.690. The van der Waals surface area contributed by atoms with E-state index in [4.69, 9.17) is 0 Å². The number of hydrogen-bond acceptors (Lipinski definition) is 4. The molecule has 0 radical (unpaired) electrons. The van der Waals surface area contributed by atoms with Crippen LogP contribution in [0.5, 0.6) is 0 Å². The van der Waals surface area contributed by atoms with Crippen LogP contribution in [0.4, 0.5) is 18.9 Å². The second kappa shape index (κ2) is 6.36. The Morgan fingerprint density at radius 2 is 2.04 bits per heavy atom. The van der Waals surface area contributed by atoms with E-state index in [1.165, 1.54) is 17.0 Å². The number of imidazole rings is 1. The molecule has 0 bridgehead atoms. The van der Waals surface area contributed by atoms with E-state index < -0.39 is 11.9 Å². The Hall–Kier alpha value is -1.61. The van der Waals surface area contributed by atoms with Gasteiger partial charge in [0.25, 0.3) is 0 Å². The first kappa shape index (κ1) is 17.2. The second-order valence-electron chi connectivity index (χ2n) is 5.99. The summed E-state index contributed by atoms with van der Waals surface area (Å²) >= 11 is 3.18. The van der Waals surface area contributed by atoms with Crippen molar-refractivity contribution in [3.8, 4) is 5.82 Å². The highest BCUT2D eigenvalue weighted by Gasteiger charge is 2.39. The highest BCUT2D eigenvalue weighted by molar-refractivity contribution is 9.10. The molecule has 0 N–H and O–H groups in total. The van der Waals surface area contributed by atoms with Crippen LogP contribution >= 0.6 is 15.9 Å². The average molecular weight is 404 g/mol. The molecule has 130 valence electrons. The molecule has 0 unspecified atom stereocenters. The number of anilines is 1. The minimum atomic E-state index is -4.51. The van der Waals surface area contributed by atoms with Crippen molar-refractivity contribution < 1.29 is 13.2 Å². The van der Waals surface area contributed by atoms with Crippen LogP contribution < -0.4 is 4.90 Å². The van der Waals surface area contributed by atoms with Crippen LogP contribution in [0.3, 0.4) is 0 Å². The van der Waals surface area contributed by atoms with E-state index in [0.29, 0.717) is 17.7 Å². The number of pyridine rings is 1. The Kier molecular flexibility index (Phi) is 4.56. The number of alkyl halides is 3. The van der Waals surface area contributed by atoms with E-state index in [9.17, 15) is 13.2 Å². The lowest BCUT2D eigenvalue weighted by Gasteiger charge is -2.24. The van der Waals surface area contributed by atoms with Crippen molar-refractivity contribution in [2.75, 3.05) is 32.1 Å². The van der Waals surface area contributed by atoms with E-state index in [2.05, 4.69) is 25.9 Å². The van der Waals surface area contributed by atoms with Crippen LogP contribution in [0, 0.1) is 0 Å². The summed E-state index contributed by atoms with van der Waals surface area (Å²) in [4.78, 5) is 11.6. The van der Waals surface area contributed by atoms with Crippen molar-refractivity contribution in [2.24, 2.45) is 0 Å². The first-order valence-electron chi connectivity index (χ1n) is 7.45. The predicted octanol–water partition coefficient (Wildman–Crippen LogP) is 3.19. The molecule has 1 atom stereocenters. The standard InChI is InChI=1S/C15H17BrF3N5/c1-22(2)10-5-6-23(7-10)11-3-4-13(21-14(11)15(17,18)19)24-8-12(16)20-9-24/h3-4,8-10H,5-7H2,1-2H3/t10-/m1/s1. The molecule has 1 saturated heterocycles. The topological polar surface area (TPSA) is 37.2 Å². The first-order valence-corrected chi connectivity index (χ1v) is 8.24. The molecule has 24 heavy (non-hydrogen) atoms. The van der Waals surface area contributed by atoms with E-state index in [1.807, 2.05) is 19.0 Å². The van der Waals surface area contributed by atoms with E-state index >= 15 is 0 Å². The van der Waals surface area contributed by atoms with Gasteiger partial charge in [-0.3, -0.25) is 4.57 Å². The maximum atomic E-state index is 13.5. The Bertz CT molecular complexity index is 728. The molecule has 5 nitrogen and oxygen atoms in total. The summed E-state index contributed by atoms with van der Waals surface area (Å²) < 4.78 is 42.6. The molecular weight excluding hydrogens is 387 g/mol. The van der Waals surface area contributed by atoms with Gasteiger partial charge in [0, 0.05) is 25.3 Å². The van der Waals surface area contributed by atoms with Crippen molar-refractivity contribution in [2.45, 2.75) is 18.6 Å². The third kappa shape index (κ3) is 3.41. The number of halogens is 4. The molecule has 0 aromatic carbocycles. The molecule has 0 saturated carbocycles. The third-order valence-electron chi connectivity index (χ3n) is 4.18. The van der Waals surface area contributed by atoms with Crippen molar-refractivity contribution in [3.63, 3.8) is 0 Å². The quantitative estimate of drug-likeness (QED) is 0.788. The van der Waals surface area contributed by atoms with Crippen LogP contribution in [-0.4, -0.2) is 52.7 Å². The highest BCUT2D eigenvalue weighted by Crippen LogP contribution is 2.37. The predicted molar refractivity (Wildman–Crippen MR) is 88.4 cm³/mol. The van der Waals surface area contributed by atoms with Gasteiger partial charge in [-0.15, -0.1) is 0 Å². The number of hydrogen-bond donors (Lipinski definition) is 0. The van der Waals surface area contributed by atoms with Crippen LogP contribution in [0.15, 0.2) is 29.3 Å². The van der Waals surface area contributed by atoms with E-state index in [-0.39, 0.29) is 17.5 Å². The molecule has 2 aromatic rings. The molecule has 1 aliphatic rings. The molecule has 0 amide bonds. The van der Waals surface area contributed by atoms with Gasteiger partial charge in [0.2, 0.25) is 0 Å². The third-order valence-corrected chi connectivity index (χ3v) is 4.59. The molecule has 3 heterocycles. The van der Waals surface area contributed by atoms with Crippen molar-refractivity contribution in [1.29, 1.82) is 0 Å². The zero-order chi connectivity index (χ0) is 17.5. The highest BCUT2D eigenvalue weighted by atomic mass is 79.9. The summed E-state index contributed by atoms with van der Waals surface area (Å²) in [5, 5.41) is 0. The zero-order valence-corrected chi connectivity index (χ0v) is 14.8. The lowest BCUT2D eigenvalue weighted by Crippen LogP contribution is -2.32. The number of nitrogens with zero attached hydrogens (tertiary/aromatic N) is 5. The van der Waals surface area contributed by atoms with Gasteiger partial charge < -0.3 is 9.80 Å². The fourth-order valence-corrected chi connectivity index (χ4v) is 3.17. The van der Waals surface area contributed by atoms with Crippen LogP contribution in [0.1, 0.15) is 12.1 Å². The fraction of sp³-hybridized carbons (Fsp3) is 0.467. The summed E-state index contributed by atoms with van der Waals surface area (Å²) in [6, 6.07) is 3.33. The van der Waals surface area contributed by atoms with Crippen molar-refractivity contribution in [3.05, 3.63) is 35.0 Å². The minimum absolute atomic E-state index is 0.134. The molecule has 1 aliphatic heterocycles. The Labute approximate surface area is 146 Å². The van der Waals surface area contributed by atoms with E-state index in [0.717, 1.165) is 6.42 Å². The molecular formula is C15H17BrF3N5. The maximum absolute atomic E-state index is 13.5. The van der Waals surface area contributed by atoms with Crippen molar-refractivity contribution >= 4 is 21.6 Å². The summed E-state index contributed by atoms with van der Waals surface area (Å²) in [5.74, 6) is 0.188. The molecule has 0 spiro atoms. The zero-order valence-electron chi connectivity index (χ0n) is 13.3. The Morgan fingerprint density at radius 1 is 1.29 bits per heavy atom. The van der Waals surface area contributed by atoms with Gasteiger partial charge in [-0.05, 0) is 48.6 Å². The number of rotatable bonds is 3. The van der Waals surface area contributed by atoms with Crippen LogP contribution in [0.2, 0.25) is 0 Å². The molecule has 0 aliphatic carbocycles. The SMILES string of the molecule is CN(C)[C@@H]1CCN(c2ccc(-n3cnc(Br)c3)nc2C(F)(F)F)C1. The van der Waals surface area contributed by atoms with E-state index in [1.54, 1.807) is 17.2 Å². The Balaban J connectivity index is 1.98. The number of aromatic nitrogens is 3. The Morgan fingerprint density at radius 3 is 2.58 bits per heavy atom. The summed E-state index contributed by atoms with van der Waals surface area (Å²) in [5.41, 5.74) is -0.723. The van der Waals surface area contributed by atoms with Gasteiger partial charge >= 0.3 is 6.18 Å². The lowest BCUT2D eigenvalue weighted by atomic mass is 10.2. The van der Waals surface area contributed by atoms with Gasteiger partial charge in [-0.25, -0.2) is 9.97 Å². The van der Waals surface area contributed by atoms with Crippen LogP contribution in [-0.2, 0) is 6.18 Å². The lowest BCUT2D eigenvalue weighted by molar-refractivity contribution is -0.140. The first-order chi connectivity index (χ1) is 11.3.